The van der Waals surface area contributed by atoms with E-state index in [4.69, 9.17) is 9.47 Å². The number of ketones is 1. The van der Waals surface area contributed by atoms with Crippen molar-refractivity contribution in [1.29, 1.82) is 0 Å². The van der Waals surface area contributed by atoms with Crippen LogP contribution >= 0.6 is 0 Å². The van der Waals surface area contributed by atoms with Crippen LogP contribution in [0.1, 0.15) is 39.9 Å². The number of Topliss-reactive ketones (excluding diaryl/α,β-unsaturated/α-hetero) is 1. The van der Waals surface area contributed by atoms with Crippen LogP contribution in [0.3, 0.4) is 0 Å². The fourth-order valence-corrected chi connectivity index (χ4v) is 3.16. The van der Waals surface area contributed by atoms with Crippen LogP contribution < -0.4 is 9.47 Å². The molecule has 0 saturated heterocycles. The van der Waals surface area contributed by atoms with E-state index in [0.29, 0.717) is 23.5 Å². The van der Waals surface area contributed by atoms with E-state index < -0.39 is 5.97 Å². The maximum atomic E-state index is 12.3. The first-order valence-corrected chi connectivity index (χ1v) is 8.08. The first kappa shape index (κ1) is 16.2. The molecule has 0 radical (unpaired) electrons. The van der Waals surface area contributed by atoms with Crippen LogP contribution in [-0.4, -0.2) is 18.9 Å². The number of hydrogen-bond donors (Lipinski definition) is 0. The first-order valence-electron chi connectivity index (χ1n) is 8.08. The van der Waals surface area contributed by atoms with Crippen LogP contribution in [0.4, 0.5) is 0 Å². The van der Waals surface area contributed by atoms with E-state index in [1.165, 1.54) is 0 Å². The lowest BCUT2D eigenvalue weighted by molar-refractivity contribution is -0.133. The zero-order chi connectivity index (χ0) is 17.1. The zero-order valence-electron chi connectivity index (χ0n) is 13.9. The molecule has 2 aromatic rings. The van der Waals surface area contributed by atoms with Gasteiger partial charge in [0.05, 0.1) is 19.1 Å². The van der Waals surface area contributed by atoms with Crippen LogP contribution in [0.15, 0.2) is 36.4 Å². The minimum absolute atomic E-state index is 0.0556. The van der Waals surface area contributed by atoms with Crippen molar-refractivity contribution in [3.05, 3.63) is 58.7 Å². The molecule has 0 aromatic heterocycles. The largest absolute Gasteiger partial charge is 0.496 e. The molecule has 24 heavy (non-hydrogen) atoms. The molecule has 0 amide bonds. The summed E-state index contributed by atoms with van der Waals surface area (Å²) in [6.45, 7) is 1.98. The number of fused-ring (bicyclic) bond motifs is 1. The normalized spacial score (nSPS) is 13.3. The van der Waals surface area contributed by atoms with Gasteiger partial charge in [-0.15, -0.1) is 0 Å². The lowest BCUT2D eigenvalue weighted by Gasteiger charge is -2.20. The molecular formula is C20H20O4. The molecule has 0 aliphatic heterocycles. The monoisotopic (exact) mass is 324 g/mol. The molecule has 0 heterocycles. The molecule has 1 aliphatic carbocycles. The van der Waals surface area contributed by atoms with Crippen molar-refractivity contribution in [1.82, 2.24) is 0 Å². The van der Waals surface area contributed by atoms with Gasteiger partial charge in [0.2, 0.25) is 0 Å². The molecule has 0 spiro atoms. The number of hydrogen-bond acceptors (Lipinski definition) is 4. The number of methoxy groups -OCH3 is 1. The number of aryl methyl sites for hydroxylation is 1. The summed E-state index contributed by atoms with van der Waals surface area (Å²) in [6, 6.07) is 11.0. The van der Waals surface area contributed by atoms with Crippen molar-refractivity contribution in [3.63, 3.8) is 0 Å². The molecule has 0 bridgehead atoms. The summed E-state index contributed by atoms with van der Waals surface area (Å²) in [7, 11) is 1.57. The summed E-state index contributed by atoms with van der Waals surface area (Å²) < 4.78 is 10.8. The third-order valence-electron chi connectivity index (χ3n) is 4.37. The van der Waals surface area contributed by atoms with E-state index in [9.17, 15) is 9.59 Å². The minimum atomic E-state index is -0.399. The van der Waals surface area contributed by atoms with Gasteiger partial charge in [0, 0.05) is 12.0 Å². The molecule has 0 N–H and O–H groups in total. The summed E-state index contributed by atoms with van der Waals surface area (Å²) in [5.41, 5.74) is 3.42. The highest BCUT2D eigenvalue weighted by Crippen LogP contribution is 2.32. The van der Waals surface area contributed by atoms with E-state index in [-0.39, 0.29) is 12.2 Å². The number of para-hydroxylation sites is 1. The number of ether oxygens (including phenoxy) is 2. The summed E-state index contributed by atoms with van der Waals surface area (Å²) >= 11 is 0. The molecule has 3 rings (SSSR count). The SMILES string of the molecule is COc1ccccc1CC(=O)Oc1ccc(C)c2c1C(=O)CCC2. The van der Waals surface area contributed by atoms with Crippen molar-refractivity contribution in [2.24, 2.45) is 0 Å². The number of carbonyl (C=O) groups excluding carboxylic acids is 2. The van der Waals surface area contributed by atoms with Crippen molar-refractivity contribution in [2.75, 3.05) is 7.11 Å². The number of rotatable bonds is 4. The second-order valence-electron chi connectivity index (χ2n) is 5.97. The Hall–Kier alpha value is -2.62. The van der Waals surface area contributed by atoms with Crippen molar-refractivity contribution >= 4 is 11.8 Å². The smallest absolute Gasteiger partial charge is 0.315 e. The summed E-state index contributed by atoms with van der Waals surface area (Å²) in [5.74, 6) is 0.681. The summed E-state index contributed by atoms with van der Waals surface area (Å²) in [5, 5.41) is 0. The molecule has 0 atom stereocenters. The van der Waals surface area contributed by atoms with Crippen LogP contribution in [0, 0.1) is 6.92 Å². The van der Waals surface area contributed by atoms with Gasteiger partial charge >= 0.3 is 5.97 Å². The molecule has 2 aromatic carbocycles. The predicted molar refractivity (Wildman–Crippen MR) is 90.8 cm³/mol. The molecular weight excluding hydrogens is 304 g/mol. The second kappa shape index (κ2) is 6.87. The number of esters is 1. The van der Waals surface area contributed by atoms with Crippen LogP contribution in [-0.2, 0) is 17.6 Å². The highest BCUT2D eigenvalue weighted by Gasteiger charge is 2.24. The van der Waals surface area contributed by atoms with Gasteiger partial charge in [0.15, 0.2) is 5.78 Å². The van der Waals surface area contributed by atoms with E-state index in [0.717, 1.165) is 29.5 Å². The van der Waals surface area contributed by atoms with Gasteiger partial charge in [-0.25, -0.2) is 0 Å². The van der Waals surface area contributed by atoms with Gasteiger partial charge in [0.25, 0.3) is 0 Å². The maximum absolute atomic E-state index is 12.3. The van der Waals surface area contributed by atoms with Crippen LogP contribution in [0.2, 0.25) is 0 Å². The van der Waals surface area contributed by atoms with Crippen molar-refractivity contribution in [3.8, 4) is 11.5 Å². The summed E-state index contributed by atoms with van der Waals surface area (Å²) in [6.07, 6.45) is 2.31. The maximum Gasteiger partial charge on any atom is 0.315 e. The minimum Gasteiger partial charge on any atom is -0.496 e. The molecule has 124 valence electrons. The topological polar surface area (TPSA) is 52.6 Å². The fourth-order valence-electron chi connectivity index (χ4n) is 3.16. The Labute approximate surface area is 141 Å². The van der Waals surface area contributed by atoms with Gasteiger partial charge in [-0.3, -0.25) is 9.59 Å². The molecule has 0 fully saturated rings. The van der Waals surface area contributed by atoms with Gasteiger partial charge in [-0.05, 0) is 43.0 Å². The highest BCUT2D eigenvalue weighted by atomic mass is 16.5. The number of carbonyl (C=O) groups is 2. The average Bonchev–Trinajstić information content (AvgIpc) is 2.58. The van der Waals surface area contributed by atoms with Gasteiger partial charge in [-0.1, -0.05) is 24.3 Å². The van der Waals surface area contributed by atoms with E-state index in [2.05, 4.69) is 0 Å². The number of benzene rings is 2. The fraction of sp³-hybridized carbons (Fsp3) is 0.300. The Bertz CT molecular complexity index is 792. The Morgan fingerprint density at radius 3 is 2.67 bits per heavy atom. The lowest BCUT2D eigenvalue weighted by Crippen LogP contribution is -2.18. The van der Waals surface area contributed by atoms with Gasteiger partial charge in [-0.2, -0.15) is 0 Å². The Morgan fingerprint density at radius 2 is 1.88 bits per heavy atom. The second-order valence-corrected chi connectivity index (χ2v) is 5.97. The van der Waals surface area contributed by atoms with E-state index in [1.807, 2.05) is 31.2 Å². The first-order chi connectivity index (χ1) is 11.6. The standard InChI is InChI=1S/C20H20O4/c1-13-10-11-18(20-15(13)7-5-8-16(20)21)24-19(22)12-14-6-3-4-9-17(14)23-2/h3-4,6,9-11H,5,7-8,12H2,1-2H3. The third kappa shape index (κ3) is 3.18. The molecule has 4 nitrogen and oxygen atoms in total. The quantitative estimate of drug-likeness (QED) is 0.636. The molecule has 0 saturated carbocycles. The lowest BCUT2D eigenvalue weighted by atomic mass is 9.87. The highest BCUT2D eigenvalue weighted by molar-refractivity contribution is 6.02. The Morgan fingerprint density at radius 1 is 1.08 bits per heavy atom. The average molecular weight is 324 g/mol. The third-order valence-corrected chi connectivity index (χ3v) is 4.37. The Kier molecular flexibility index (Phi) is 4.65. The van der Waals surface area contributed by atoms with E-state index >= 15 is 0 Å². The molecule has 1 aliphatic rings. The van der Waals surface area contributed by atoms with E-state index in [1.54, 1.807) is 19.2 Å². The van der Waals surface area contributed by atoms with Crippen LogP contribution in [0.5, 0.6) is 11.5 Å². The van der Waals surface area contributed by atoms with Crippen molar-refractivity contribution in [2.45, 2.75) is 32.6 Å². The predicted octanol–water partition coefficient (Wildman–Crippen LogP) is 3.67. The van der Waals surface area contributed by atoms with Crippen LogP contribution in [0.25, 0.3) is 0 Å². The Balaban J connectivity index is 1.84. The van der Waals surface area contributed by atoms with Gasteiger partial charge < -0.3 is 9.47 Å². The van der Waals surface area contributed by atoms with Crippen molar-refractivity contribution < 1.29 is 19.1 Å². The van der Waals surface area contributed by atoms with Gasteiger partial charge in [0.1, 0.15) is 11.5 Å². The molecule has 0 unspecified atom stereocenters. The zero-order valence-corrected chi connectivity index (χ0v) is 13.9. The summed E-state index contributed by atoms with van der Waals surface area (Å²) in [4.78, 5) is 24.6. The molecule has 4 heteroatoms.